The minimum Gasteiger partial charge on any atom is -0.252 e. The average Bonchev–Trinajstić information content (AvgIpc) is 2.29. The van der Waals surface area contributed by atoms with Gasteiger partial charge in [0.1, 0.15) is 0 Å². The van der Waals surface area contributed by atoms with Gasteiger partial charge in [-0.25, -0.2) is 13.6 Å². The lowest BCUT2D eigenvalue weighted by Gasteiger charge is -2.18. The molecule has 6 heteroatoms. The minimum atomic E-state index is -3.66. The predicted octanol–water partition coefficient (Wildman–Crippen LogP) is 0.577. The van der Waals surface area contributed by atoms with Gasteiger partial charge in [-0.15, -0.1) is 0 Å². The molecule has 2 N–H and O–H groups in total. The Kier molecular flexibility index (Phi) is 2.69. The van der Waals surface area contributed by atoms with E-state index >= 15 is 0 Å². The zero-order chi connectivity index (χ0) is 11.0. The molecule has 0 saturated heterocycles. The molecule has 0 aromatic carbocycles. The summed E-state index contributed by atoms with van der Waals surface area (Å²) >= 11 is 0. The number of sulfonamides is 1. The topological polar surface area (TPSA) is 78.0 Å². The molecule has 1 aromatic rings. The summed E-state index contributed by atoms with van der Waals surface area (Å²) in [6.45, 7) is 6.52. The highest BCUT2D eigenvalue weighted by atomic mass is 32.2. The van der Waals surface area contributed by atoms with Crippen molar-refractivity contribution < 1.29 is 8.42 Å². The number of nitrogens with two attached hydrogens (primary N) is 1. The SMILES string of the molecule is CC(C)(C)Cn1nccc1S(N)(=O)=O. The van der Waals surface area contributed by atoms with Crippen molar-refractivity contribution in [3.05, 3.63) is 12.3 Å². The maximum absolute atomic E-state index is 11.1. The van der Waals surface area contributed by atoms with Crippen LogP contribution < -0.4 is 5.14 Å². The van der Waals surface area contributed by atoms with E-state index in [2.05, 4.69) is 5.10 Å². The molecule has 5 nitrogen and oxygen atoms in total. The van der Waals surface area contributed by atoms with Gasteiger partial charge in [-0.1, -0.05) is 20.8 Å². The molecule has 80 valence electrons. The number of hydrogen-bond acceptors (Lipinski definition) is 3. The molecule has 0 spiro atoms. The minimum absolute atomic E-state index is 0.0363. The number of rotatable bonds is 2. The first-order chi connectivity index (χ1) is 6.20. The Morgan fingerprint density at radius 2 is 2.07 bits per heavy atom. The van der Waals surface area contributed by atoms with Gasteiger partial charge in [0.15, 0.2) is 5.03 Å². The van der Waals surface area contributed by atoms with Crippen LogP contribution in [0, 0.1) is 5.41 Å². The molecule has 0 amide bonds. The Labute approximate surface area is 84.0 Å². The van der Waals surface area contributed by atoms with Crippen molar-refractivity contribution in [2.75, 3.05) is 0 Å². The zero-order valence-corrected chi connectivity index (χ0v) is 9.37. The molecule has 1 rings (SSSR count). The Morgan fingerprint density at radius 1 is 1.50 bits per heavy atom. The maximum atomic E-state index is 11.1. The van der Waals surface area contributed by atoms with E-state index in [-0.39, 0.29) is 10.4 Å². The zero-order valence-electron chi connectivity index (χ0n) is 8.56. The molecule has 0 aliphatic carbocycles. The number of hydrogen-bond donors (Lipinski definition) is 1. The van der Waals surface area contributed by atoms with Crippen LogP contribution in [0.4, 0.5) is 0 Å². The van der Waals surface area contributed by atoms with Gasteiger partial charge in [0.05, 0.1) is 6.20 Å². The molecule has 14 heavy (non-hydrogen) atoms. The largest absolute Gasteiger partial charge is 0.255 e. The van der Waals surface area contributed by atoms with E-state index in [9.17, 15) is 8.42 Å². The first-order valence-corrected chi connectivity index (χ1v) is 5.79. The van der Waals surface area contributed by atoms with Crippen LogP contribution in [0.3, 0.4) is 0 Å². The third kappa shape index (κ3) is 2.81. The summed E-state index contributed by atoms with van der Waals surface area (Å²) in [5, 5.41) is 9.02. The second-order valence-electron chi connectivity index (χ2n) is 4.43. The second kappa shape index (κ2) is 3.36. The van der Waals surface area contributed by atoms with Crippen LogP contribution in [0.2, 0.25) is 0 Å². The lowest BCUT2D eigenvalue weighted by molar-refractivity contribution is 0.311. The third-order valence-corrected chi connectivity index (χ3v) is 2.52. The monoisotopic (exact) mass is 217 g/mol. The molecule has 0 saturated carbocycles. The predicted molar refractivity (Wildman–Crippen MR) is 53.1 cm³/mol. The van der Waals surface area contributed by atoms with Crippen LogP contribution in [0.5, 0.6) is 0 Å². The average molecular weight is 217 g/mol. The van der Waals surface area contributed by atoms with Gasteiger partial charge in [-0.05, 0) is 11.5 Å². The Morgan fingerprint density at radius 3 is 2.50 bits per heavy atom. The second-order valence-corrected chi connectivity index (χ2v) is 5.94. The van der Waals surface area contributed by atoms with Crippen LogP contribution in [0.15, 0.2) is 17.3 Å². The molecule has 0 aliphatic rings. The molecule has 0 atom stereocenters. The molecular weight excluding hydrogens is 202 g/mol. The molecule has 0 aliphatic heterocycles. The van der Waals surface area contributed by atoms with Crippen LogP contribution >= 0.6 is 0 Å². The Bertz CT molecular complexity index is 414. The summed E-state index contributed by atoms with van der Waals surface area (Å²) in [4.78, 5) is 0. The van der Waals surface area contributed by atoms with E-state index in [4.69, 9.17) is 5.14 Å². The van der Waals surface area contributed by atoms with Gasteiger partial charge < -0.3 is 0 Å². The van der Waals surface area contributed by atoms with Crippen molar-refractivity contribution in [3.63, 3.8) is 0 Å². The van der Waals surface area contributed by atoms with E-state index in [1.54, 1.807) is 0 Å². The van der Waals surface area contributed by atoms with Crippen LogP contribution in [0.25, 0.3) is 0 Å². The molecule has 0 unspecified atom stereocenters. The van der Waals surface area contributed by atoms with Crippen molar-refractivity contribution in [2.24, 2.45) is 10.6 Å². The number of primary sulfonamides is 1. The van der Waals surface area contributed by atoms with E-state index in [0.29, 0.717) is 6.54 Å². The highest BCUT2D eigenvalue weighted by molar-refractivity contribution is 7.89. The van der Waals surface area contributed by atoms with Gasteiger partial charge in [0.25, 0.3) is 10.0 Å². The fourth-order valence-corrected chi connectivity index (χ4v) is 1.79. The number of nitrogens with zero attached hydrogens (tertiary/aromatic N) is 2. The number of aromatic nitrogens is 2. The standard InChI is InChI=1S/C8H15N3O2S/c1-8(2,3)6-11-7(4-5-10-11)14(9,12)13/h4-5H,6H2,1-3H3,(H2,9,12,13). The Hall–Kier alpha value is -0.880. The highest BCUT2D eigenvalue weighted by Gasteiger charge is 2.19. The van der Waals surface area contributed by atoms with E-state index in [1.165, 1.54) is 16.9 Å². The van der Waals surface area contributed by atoms with E-state index in [0.717, 1.165) is 0 Å². The molecule has 0 radical (unpaired) electrons. The summed E-state index contributed by atoms with van der Waals surface area (Å²) in [6, 6.07) is 1.40. The van der Waals surface area contributed by atoms with Crippen molar-refractivity contribution >= 4 is 10.0 Å². The molecular formula is C8H15N3O2S. The first-order valence-electron chi connectivity index (χ1n) is 4.25. The van der Waals surface area contributed by atoms with Gasteiger partial charge in [0, 0.05) is 6.54 Å². The quantitative estimate of drug-likeness (QED) is 0.787. The molecule has 0 fully saturated rings. The van der Waals surface area contributed by atoms with Crippen molar-refractivity contribution in [1.82, 2.24) is 9.78 Å². The van der Waals surface area contributed by atoms with Gasteiger partial charge >= 0.3 is 0 Å². The normalized spacial score (nSPS) is 13.1. The third-order valence-electron chi connectivity index (χ3n) is 1.59. The molecule has 1 aromatic heterocycles. The first kappa shape index (κ1) is 11.2. The summed E-state index contributed by atoms with van der Waals surface area (Å²) in [5.41, 5.74) is -0.0363. The summed E-state index contributed by atoms with van der Waals surface area (Å²) in [7, 11) is -3.66. The maximum Gasteiger partial charge on any atom is 0.255 e. The molecule has 1 heterocycles. The van der Waals surface area contributed by atoms with E-state index < -0.39 is 10.0 Å². The van der Waals surface area contributed by atoms with Gasteiger partial charge in [-0.2, -0.15) is 5.10 Å². The lowest BCUT2D eigenvalue weighted by Crippen LogP contribution is -2.23. The fourth-order valence-electron chi connectivity index (χ4n) is 1.13. The Balaban J connectivity index is 3.07. The summed E-state index contributed by atoms with van der Waals surface area (Å²) < 4.78 is 23.6. The summed E-state index contributed by atoms with van der Waals surface area (Å²) in [6.07, 6.45) is 1.44. The smallest absolute Gasteiger partial charge is 0.252 e. The summed E-state index contributed by atoms with van der Waals surface area (Å²) in [5.74, 6) is 0. The van der Waals surface area contributed by atoms with Crippen molar-refractivity contribution in [2.45, 2.75) is 32.3 Å². The highest BCUT2D eigenvalue weighted by Crippen LogP contribution is 2.18. The van der Waals surface area contributed by atoms with E-state index in [1.807, 2.05) is 20.8 Å². The van der Waals surface area contributed by atoms with Crippen molar-refractivity contribution in [3.8, 4) is 0 Å². The lowest BCUT2D eigenvalue weighted by atomic mass is 9.97. The van der Waals surface area contributed by atoms with Crippen LogP contribution in [-0.4, -0.2) is 18.2 Å². The van der Waals surface area contributed by atoms with Gasteiger partial charge in [-0.3, -0.25) is 4.68 Å². The van der Waals surface area contributed by atoms with Gasteiger partial charge in [0.2, 0.25) is 0 Å². The van der Waals surface area contributed by atoms with Crippen LogP contribution in [0.1, 0.15) is 20.8 Å². The molecule has 0 bridgehead atoms. The van der Waals surface area contributed by atoms with Crippen molar-refractivity contribution in [1.29, 1.82) is 0 Å². The fraction of sp³-hybridized carbons (Fsp3) is 0.625. The van der Waals surface area contributed by atoms with Crippen LogP contribution in [-0.2, 0) is 16.6 Å².